The van der Waals surface area contributed by atoms with Crippen molar-refractivity contribution in [2.24, 2.45) is 0 Å². The molecule has 1 amide bonds. The van der Waals surface area contributed by atoms with Crippen LogP contribution in [0.1, 0.15) is 24.0 Å². The monoisotopic (exact) mass is 358 g/mol. The zero-order chi connectivity index (χ0) is 18.4. The van der Waals surface area contributed by atoms with Gasteiger partial charge >= 0.3 is 0 Å². The molecule has 1 saturated heterocycles. The summed E-state index contributed by atoms with van der Waals surface area (Å²) in [6, 6.07) is 13.0. The van der Waals surface area contributed by atoms with Crippen LogP contribution in [0.5, 0.6) is 0 Å². The highest BCUT2D eigenvalue weighted by molar-refractivity contribution is 5.76. The van der Waals surface area contributed by atoms with Crippen molar-refractivity contribution in [2.75, 3.05) is 26.2 Å². The molecule has 2 aromatic carbocycles. The Morgan fingerprint density at radius 2 is 1.69 bits per heavy atom. The smallest absolute Gasteiger partial charge is 0.222 e. The van der Waals surface area contributed by atoms with E-state index in [0.717, 1.165) is 43.7 Å². The minimum absolute atomic E-state index is 0.123. The van der Waals surface area contributed by atoms with E-state index in [1.165, 1.54) is 24.3 Å². The maximum absolute atomic E-state index is 13.2. The Hall–Kier alpha value is -2.27. The summed E-state index contributed by atoms with van der Waals surface area (Å²) >= 11 is 0. The fourth-order valence-corrected chi connectivity index (χ4v) is 3.33. The Kier molecular flexibility index (Phi) is 6.34. The van der Waals surface area contributed by atoms with Crippen molar-refractivity contribution < 1.29 is 13.6 Å². The van der Waals surface area contributed by atoms with Crippen LogP contribution in [0.2, 0.25) is 0 Å². The molecule has 0 unspecified atom stereocenters. The van der Waals surface area contributed by atoms with Crippen molar-refractivity contribution in [2.45, 2.75) is 25.8 Å². The fourth-order valence-electron chi connectivity index (χ4n) is 3.33. The van der Waals surface area contributed by atoms with Crippen LogP contribution in [0.15, 0.2) is 48.5 Å². The molecule has 1 heterocycles. The third kappa shape index (κ3) is 5.36. The van der Waals surface area contributed by atoms with Crippen LogP contribution in [0.3, 0.4) is 0 Å². The van der Waals surface area contributed by atoms with Crippen LogP contribution >= 0.6 is 0 Å². The van der Waals surface area contributed by atoms with Crippen LogP contribution in [-0.4, -0.2) is 41.9 Å². The summed E-state index contributed by atoms with van der Waals surface area (Å²) < 4.78 is 26.2. The molecule has 138 valence electrons. The van der Waals surface area contributed by atoms with Crippen LogP contribution in [-0.2, 0) is 17.8 Å². The molecule has 0 aliphatic carbocycles. The number of benzene rings is 2. The summed E-state index contributed by atoms with van der Waals surface area (Å²) in [7, 11) is 0. The van der Waals surface area contributed by atoms with E-state index in [-0.39, 0.29) is 17.5 Å². The van der Waals surface area contributed by atoms with E-state index in [4.69, 9.17) is 0 Å². The predicted octanol–water partition coefficient (Wildman–Crippen LogP) is 3.63. The van der Waals surface area contributed by atoms with Crippen LogP contribution in [0.4, 0.5) is 8.78 Å². The molecule has 3 nitrogen and oxygen atoms in total. The van der Waals surface area contributed by atoms with Gasteiger partial charge in [0.2, 0.25) is 5.91 Å². The molecule has 0 saturated carbocycles. The maximum Gasteiger partial charge on any atom is 0.222 e. The SMILES string of the molecule is O=C(CCc1cccc(F)c1)N1CCCN(Cc2ccc(F)cc2)CC1. The Labute approximate surface area is 153 Å². The molecular formula is C21H24F2N2O. The molecule has 0 N–H and O–H groups in total. The lowest BCUT2D eigenvalue weighted by Crippen LogP contribution is -2.35. The molecule has 1 fully saturated rings. The van der Waals surface area contributed by atoms with Crippen molar-refractivity contribution >= 4 is 5.91 Å². The van der Waals surface area contributed by atoms with Gasteiger partial charge in [-0.05, 0) is 48.2 Å². The number of rotatable bonds is 5. The summed E-state index contributed by atoms with van der Waals surface area (Å²) in [5.41, 5.74) is 1.93. The molecule has 0 radical (unpaired) electrons. The van der Waals surface area contributed by atoms with Gasteiger partial charge in [0.15, 0.2) is 0 Å². The van der Waals surface area contributed by atoms with Crippen LogP contribution in [0.25, 0.3) is 0 Å². The van der Waals surface area contributed by atoms with Gasteiger partial charge in [0, 0.05) is 39.1 Å². The molecule has 0 atom stereocenters. The number of aryl methyl sites for hydroxylation is 1. The third-order valence-electron chi connectivity index (χ3n) is 4.78. The minimum atomic E-state index is -0.263. The second kappa shape index (κ2) is 8.90. The lowest BCUT2D eigenvalue weighted by molar-refractivity contribution is -0.131. The average molecular weight is 358 g/mol. The number of carbonyl (C=O) groups excluding carboxylic acids is 1. The zero-order valence-corrected chi connectivity index (χ0v) is 14.8. The number of hydrogen-bond donors (Lipinski definition) is 0. The largest absolute Gasteiger partial charge is 0.341 e. The molecule has 1 aliphatic heterocycles. The highest BCUT2D eigenvalue weighted by Crippen LogP contribution is 2.12. The molecule has 5 heteroatoms. The standard InChI is InChI=1S/C21H24F2N2O/c22-19-8-5-18(6-9-19)16-24-11-2-12-25(14-13-24)21(26)10-7-17-3-1-4-20(23)15-17/h1,3-6,8-9,15H,2,7,10-14,16H2. The Morgan fingerprint density at radius 3 is 2.46 bits per heavy atom. The first-order chi connectivity index (χ1) is 12.6. The van der Waals surface area contributed by atoms with Crippen molar-refractivity contribution in [3.63, 3.8) is 0 Å². The minimum Gasteiger partial charge on any atom is -0.341 e. The molecule has 0 aromatic heterocycles. The van der Waals surface area contributed by atoms with E-state index in [1.807, 2.05) is 23.1 Å². The van der Waals surface area contributed by atoms with E-state index in [2.05, 4.69) is 4.90 Å². The first kappa shape index (κ1) is 18.5. The quantitative estimate of drug-likeness (QED) is 0.815. The first-order valence-corrected chi connectivity index (χ1v) is 9.09. The van der Waals surface area contributed by atoms with Gasteiger partial charge in [0.05, 0.1) is 0 Å². The van der Waals surface area contributed by atoms with Gasteiger partial charge in [-0.1, -0.05) is 24.3 Å². The highest BCUT2D eigenvalue weighted by Gasteiger charge is 2.19. The van der Waals surface area contributed by atoms with E-state index in [0.29, 0.717) is 19.4 Å². The predicted molar refractivity (Wildman–Crippen MR) is 97.6 cm³/mol. The molecule has 3 rings (SSSR count). The zero-order valence-electron chi connectivity index (χ0n) is 14.8. The Morgan fingerprint density at radius 1 is 0.885 bits per heavy atom. The lowest BCUT2D eigenvalue weighted by Gasteiger charge is -2.22. The van der Waals surface area contributed by atoms with Crippen LogP contribution < -0.4 is 0 Å². The van der Waals surface area contributed by atoms with E-state index < -0.39 is 0 Å². The van der Waals surface area contributed by atoms with E-state index in [1.54, 1.807) is 6.07 Å². The molecule has 0 bridgehead atoms. The van der Waals surface area contributed by atoms with Crippen molar-refractivity contribution in [3.05, 3.63) is 71.3 Å². The van der Waals surface area contributed by atoms with Gasteiger partial charge < -0.3 is 4.90 Å². The fraction of sp³-hybridized carbons (Fsp3) is 0.381. The average Bonchev–Trinajstić information content (AvgIpc) is 2.87. The summed E-state index contributed by atoms with van der Waals surface area (Å²) in [6.45, 7) is 3.95. The van der Waals surface area contributed by atoms with E-state index in [9.17, 15) is 13.6 Å². The number of nitrogens with zero attached hydrogens (tertiary/aromatic N) is 2. The summed E-state index contributed by atoms with van der Waals surface area (Å²) in [5, 5.41) is 0. The molecule has 0 spiro atoms. The number of carbonyl (C=O) groups is 1. The highest BCUT2D eigenvalue weighted by atomic mass is 19.1. The second-order valence-electron chi connectivity index (χ2n) is 6.77. The van der Waals surface area contributed by atoms with Gasteiger partial charge in [-0.25, -0.2) is 8.78 Å². The summed E-state index contributed by atoms with van der Waals surface area (Å²) in [6.07, 6.45) is 1.89. The van der Waals surface area contributed by atoms with Gasteiger partial charge in [0.1, 0.15) is 11.6 Å². The molecular weight excluding hydrogens is 334 g/mol. The molecule has 26 heavy (non-hydrogen) atoms. The van der Waals surface area contributed by atoms with E-state index >= 15 is 0 Å². The number of amides is 1. The Bertz CT molecular complexity index is 733. The molecule has 1 aliphatic rings. The first-order valence-electron chi connectivity index (χ1n) is 9.09. The summed E-state index contributed by atoms with van der Waals surface area (Å²) in [5.74, 6) is -0.362. The van der Waals surface area contributed by atoms with Gasteiger partial charge in [0.25, 0.3) is 0 Å². The van der Waals surface area contributed by atoms with Gasteiger partial charge in [-0.3, -0.25) is 9.69 Å². The van der Waals surface area contributed by atoms with Crippen molar-refractivity contribution in [1.29, 1.82) is 0 Å². The lowest BCUT2D eigenvalue weighted by atomic mass is 10.1. The number of halogens is 2. The topological polar surface area (TPSA) is 23.6 Å². The van der Waals surface area contributed by atoms with Gasteiger partial charge in [-0.2, -0.15) is 0 Å². The van der Waals surface area contributed by atoms with Crippen molar-refractivity contribution in [3.8, 4) is 0 Å². The molecule has 2 aromatic rings. The maximum atomic E-state index is 13.2. The Balaban J connectivity index is 1.48. The summed E-state index contributed by atoms with van der Waals surface area (Å²) in [4.78, 5) is 16.7. The normalized spacial score (nSPS) is 15.7. The number of hydrogen-bond acceptors (Lipinski definition) is 2. The van der Waals surface area contributed by atoms with Crippen molar-refractivity contribution in [1.82, 2.24) is 9.80 Å². The third-order valence-corrected chi connectivity index (χ3v) is 4.78. The van der Waals surface area contributed by atoms with Crippen LogP contribution in [0, 0.1) is 11.6 Å². The second-order valence-corrected chi connectivity index (χ2v) is 6.77. The van der Waals surface area contributed by atoms with Gasteiger partial charge in [-0.15, -0.1) is 0 Å².